The molecular formula is C13H19FN2O4S. The molecule has 0 atom stereocenters. The smallest absolute Gasteiger partial charge is 0.321 e. The van der Waals surface area contributed by atoms with Crippen LogP contribution in [0.2, 0.25) is 0 Å². The number of halogens is 1. The van der Waals surface area contributed by atoms with Crippen molar-refractivity contribution < 1.29 is 22.3 Å². The van der Waals surface area contributed by atoms with Crippen LogP contribution in [0.3, 0.4) is 0 Å². The number of carbonyl (C=O) groups is 1. The fourth-order valence-corrected chi connectivity index (χ4v) is 3.51. The molecule has 0 amide bonds. The van der Waals surface area contributed by atoms with Gasteiger partial charge in [-0.2, -0.15) is 4.31 Å². The number of nitrogens with two attached hydrogens (primary N) is 1. The van der Waals surface area contributed by atoms with E-state index in [-0.39, 0.29) is 28.3 Å². The van der Waals surface area contributed by atoms with Crippen LogP contribution in [-0.2, 0) is 19.6 Å². The van der Waals surface area contributed by atoms with Gasteiger partial charge in [0.25, 0.3) is 0 Å². The van der Waals surface area contributed by atoms with Gasteiger partial charge in [-0.25, -0.2) is 12.8 Å². The second-order valence-corrected chi connectivity index (χ2v) is 6.59. The van der Waals surface area contributed by atoms with Crippen LogP contribution in [0.4, 0.5) is 10.1 Å². The van der Waals surface area contributed by atoms with E-state index in [1.54, 1.807) is 6.92 Å². The largest absolute Gasteiger partial charge is 0.465 e. The predicted molar refractivity (Wildman–Crippen MR) is 76.7 cm³/mol. The third-order valence-corrected chi connectivity index (χ3v) is 5.12. The van der Waals surface area contributed by atoms with E-state index in [0.29, 0.717) is 0 Å². The molecule has 1 rings (SSSR count). The fourth-order valence-electron chi connectivity index (χ4n) is 1.96. The monoisotopic (exact) mass is 318 g/mol. The Balaban J connectivity index is 3.26. The Morgan fingerprint density at radius 3 is 2.52 bits per heavy atom. The lowest BCUT2D eigenvalue weighted by Gasteiger charge is -2.20. The molecule has 0 saturated carbocycles. The zero-order valence-corrected chi connectivity index (χ0v) is 13.3. The lowest BCUT2D eigenvalue weighted by atomic mass is 10.1. The number of likely N-dealkylation sites (N-methyl/N-ethyl adjacent to an activating group) is 1. The second-order valence-electron chi connectivity index (χ2n) is 4.61. The van der Waals surface area contributed by atoms with E-state index in [9.17, 15) is 17.6 Å². The van der Waals surface area contributed by atoms with E-state index in [0.717, 1.165) is 10.4 Å². The minimum Gasteiger partial charge on any atom is -0.465 e. The molecule has 0 saturated heterocycles. The Kier molecular flexibility index (Phi) is 5.30. The Bertz CT molecular complexity index is 659. The molecule has 0 heterocycles. The third-order valence-electron chi connectivity index (χ3n) is 3.03. The van der Waals surface area contributed by atoms with Crippen LogP contribution in [-0.4, -0.2) is 38.9 Å². The fraction of sp³-hybridized carbons (Fsp3) is 0.462. The van der Waals surface area contributed by atoms with Crippen LogP contribution in [0.15, 0.2) is 11.0 Å². The van der Waals surface area contributed by atoms with E-state index < -0.39 is 28.4 Å². The highest BCUT2D eigenvalue weighted by Crippen LogP contribution is 2.29. The number of esters is 1. The van der Waals surface area contributed by atoms with Gasteiger partial charge in [-0.3, -0.25) is 4.79 Å². The number of hydrogen-bond acceptors (Lipinski definition) is 5. The van der Waals surface area contributed by atoms with Gasteiger partial charge >= 0.3 is 5.97 Å². The number of sulfonamides is 1. The minimum absolute atomic E-state index is 0.0896. The summed E-state index contributed by atoms with van der Waals surface area (Å²) in [6.45, 7) is 4.26. The van der Waals surface area contributed by atoms with Crippen LogP contribution in [0, 0.1) is 19.7 Å². The van der Waals surface area contributed by atoms with E-state index in [2.05, 4.69) is 0 Å². The van der Waals surface area contributed by atoms with Gasteiger partial charge in [0.05, 0.1) is 17.2 Å². The van der Waals surface area contributed by atoms with Crippen LogP contribution >= 0.6 is 0 Å². The molecule has 118 valence electrons. The zero-order valence-electron chi connectivity index (χ0n) is 12.4. The lowest BCUT2D eigenvalue weighted by molar-refractivity contribution is -0.143. The maximum Gasteiger partial charge on any atom is 0.321 e. The van der Waals surface area contributed by atoms with Gasteiger partial charge in [-0.05, 0) is 38.0 Å². The Labute approximate surface area is 123 Å². The van der Waals surface area contributed by atoms with Gasteiger partial charge in [-0.15, -0.1) is 0 Å². The first-order chi connectivity index (χ1) is 9.62. The number of rotatable bonds is 5. The standard InChI is InChI=1S/C13H19FN2O4S/c1-5-20-11(17)7-16(4)21(18,19)13-8(2)6-10(14)12(15)9(13)3/h6H,5,7,15H2,1-4H3. The van der Waals surface area contributed by atoms with Gasteiger partial charge in [0.1, 0.15) is 12.4 Å². The van der Waals surface area contributed by atoms with Crippen molar-refractivity contribution in [2.24, 2.45) is 0 Å². The second kappa shape index (κ2) is 6.40. The Morgan fingerprint density at radius 1 is 1.43 bits per heavy atom. The Morgan fingerprint density at radius 2 is 2.00 bits per heavy atom. The maximum absolute atomic E-state index is 13.5. The van der Waals surface area contributed by atoms with Crippen LogP contribution in [0.25, 0.3) is 0 Å². The van der Waals surface area contributed by atoms with Crippen molar-refractivity contribution in [3.05, 3.63) is 23.0 Å². The molecular weight excluding hydrogens is 299 g/mol. The number of carbonyl (C=O) groups excluding carboxylic acids is 1. The van der Waals surface area contributed by atoms with Gasteiger partial charge in [-0.1, -0.05) is 0 Å². The highest BCUT2D eigenvalue weighted by atomic mass is 32.2. The van der Waals surface area contributed by atoms with Crippen molar-refractivity contribution >= 4 is 21.7 Å². The number of nitrogens with zero attached hydrogens (tertiary/aromatic N) is 1. The number of nitrogen functional groups attached to an aromatic ring is 1. The van der Waals surface area contributed by atoms with Gasteiger partial charge < -0.3 is 10.5 Å². The summed E-state index contributed by atoms with van der Waals surface area (Å²) in [5.74, 6) is -1.33. The molecule has 21 heavy (non-hydrogen) atoms. The van der Waals surface area contributed by atoms with Gasteiger partial charge in [0.2, 0.25) is 10.0 Å². The summed E-state index contributed by atoms with van der Waals surface area (Å²) in [6.07, 6.45) is 0. The molecule has 0 fully saturated rings. The SMILES string of the molecule is CCOC(=O)CN(C)S(=O)(=O)c1c(C)cc(F)c(N)c1C. The summed E-state index contributed by atoms with van der Waals surface area (Å²) in [5.41, 5.74) is 5.69. The molecule has 8 heteroatoms. The summed E-state index contributed by atoms with van der Waals surface area (Å²) in [4.78, 5) is 11.3. The van der Waals surface area contributed by atoms with Crippen molar-refractivity contribution in [1.29, 1.82) is 0 Å². The quantitative estimate of drug-likeness (QED) is 0.651. The topological polar surface area (TPSA) is 89.7 Å². The molecule has 0 aliphatic heterocycles. The molecule has 1 aromatic carbocycles. The van der Waals surface area contributed by atoms with E-state index >= 15 is 0 Å². The van der Waals surface area contributed by atoms with Crippen molar-refractivity contribution in [2.75, 3.05) is 25.9 Å². The van der Waals surface area contributed by atoms with Crippen molar-refractivity contribution in [3.8, 4) is 0 Å². The molecule has 6 nitrogen and oxygen atoms in total. The molecule has 0 aliphatic rings. The van der Waals surface area contributed by atoms with Crippen molar-refractivity contribution in [2.45, 2.75) is 25.7 Å². The normalized spacial score (nSPS) is 11.7. The van der Waals surface area contributed by atoms with Crippen molar-refractivity contribution in [1.82, 2.24) is 4.31 Å². The maximum atomic E-state index is 13.5. The van der Waals surface area contributed by atoms with Crippen LogP contribution < -0.4 is 5.73 Å². The average Bonchev–Trinajstić information content (AvgIpc) is 2.35. The average molecular weight is 318 g/mol. The minimum atomic E-state index is -3.97. The number of aryl methyl sites for hydroxylation is 1. The highest BCUT2D eigenvalue weighted by Gasteiger charge is 2.28. The van der Waals surface area contributed by atoms with E-state index in [1.165, 1.54) is 20.9 Å². The van der Waals surface area contributed by atoms with Crippen LogP contribution in [0.5, 0.6) is 0 Å². The summed E-state index contributed by atoms with van der Waals surface area (Å²) >= 11 is 0. The van der Waals surface area contributed by atoms with E-state index in [4.69, 9.17) is 10.5 Å². The van der Waals surface area contributed by atoms with Crippen molar-refractivity contribution in [3.63, 3.8) is 0 Å². The first-order valence-corrected chi connectivity index (χ1v) is 7.74. The van der Waals surface area contributed by atoms with Crippen LogP contribution in [0.1, 0.15) is 18.1 Å². The molecule has 0 aromatic heterocycles. The van der Waals surface area contributed by atoms with E-state index in [1.807, 2.05) is 0 Å². The first-order valence-electron chi connectivity index (χ1n) is 6.30. The predicted octanol–water partition coefficient (Wildman–Crippen LogP) is 1.21. The highest BCUT2D eigenvalue weighted by molar-refractivity contribution is 7.89. The number of anilines is 1. The molecule has 2 N–H and O–H groups in total. The lowest BCUT2D eigenvalue weighted by Crippen LogP contribution is -2.34. The summed E-state index contributed by atoms with van der Waals surface area (Å²) in [7, 11) is -2.71. The Hall–Kier alpha value is -1.67. The molecule has 0 spiro atoms. The molecule has 0 aliphatic carbocycles. The number of benzene rings is 1. The number of hydrogen-bond donors (Lipinski definition) is 1. The zero-order chi connectivity index (χ0) is 16.4. The molecule has 0 bridgehead atoms. The summed E-state index contributed by atoms with van der Waals surface area (Å²) in [6, 6.07) is 1.06. The van der Waals surface area contributed by atoms with Gasteiger partial charge in [0.15, 0.2) is 0 Å². The number of ether oxygens (including phenoxy) is 1. The summed E-state index contributed by atoms with van der Waals surface area (Å²) in [5, 5.41) is 0. The third kappa shape index (κ3) is 3.51. The molecule has 1 aromatic rings. The molecule has 0 radical (unpaired) electrons. The van der Waals surface area contributed by atoms with Gasteiger partial charge in [0, 0.05) is 7.05 Å². The first kappa shape index (κ1) is 17.4. The summed E-state index contributed by atoms with van der Waals surface area (Å²) < 4.78 is 44.1. The molecule has 0 unspecified atom stereocenters.